The summed E-state index contributed by atoms with van der Waals surface area (Å²) in [6, 6.07) is 14.9. The van der Waals surface area contributed by atoms with E-state index in [1.165, 1.54) is 7.11 Å². The van der Waals surface area contributed by atoms with Gasteiger partial charge in [-0.2, -0.15) is 0 Å². The van der Waals surface area contributed by atoms with Crippen molar-refractivity contribution in [1.82, 2.24) is 0 Å². The Bertz CT molecular complexity index is 712. The minimum absolute atomic E-state index is 0.0501. The summed E-state index contributed by atoms with van der Waals surface area (Å²) in [6.45, 7) is 0. The van der Waals surface area contributed by atoms with Crippen molar-refractivity contribution in [3.63, 3.8) is 0 Å². The van der Waals surface area contributed by atoms with Crippen LogP contribution in [-0.4, -0.2) is 21.3 Å². The first-order chi connectivity index (χ1) is 10.5. The third-order valence-corrected chi connectivity index (χ3v) is 5.28. The number of aryl methyl sites for hydroxylation is 1. The predicted octanol–water partition coefficient (Wildman–Crippen LogP) is 3.90. The van der Waals surface area contributed by atoms with Crippen LogP contribution in [0.2, 0.25) is 5.02 Å². The molecule has 0 saturated carbocycles. The van der Waals surface area contributed by atoms with E-state index < -0.39 is 9.84 Å². The van der Waals surface area contributed by atoms with Gasteiger partial charge in [-0.05, 0) is 36.6 Å². The Morgan fingerprint density at radius 3 is 2.50 bits per heavy atom. The van der Waals surface area contributed by atoms with Crippen molar-refractivity contribution in [1.29, 1.82) is 0 Å². The Morgan fingerprint density at radius 2 is 1.82 bits per heavy atom. The van der Waals surface area contributed by atoms with Crippen LogP contribution >= 0.6 is 11.6 Å². The van der Waals surface area contributed by atoms with Gasteiger partial charge in [-0.15, -0.1) is 0 Å². The van der Waals surface area contributed by atoms with Crippen LogP contribution in [0.1, 0.15) is 17.5 Å². The molecule has 0 saturated heterocycles. The highest BCUT2D eigenvalue weighted by atomic mass is 35.5. The molecule has 0 N–H and O–H groups in total. The lowest BCUT2D eigenvalue weighted by atomic mass is 10.1. The van der Waals surface area contributed by atoms with Crippen LogP contribution in [0.5, 0.6) is 5.75 Å². The zero-order chi connectivity index (χ0) is 16.0. The first-order valence-corrected chi connectivity index (χ1v) is 9.27. The van der Waals surface area contributed by atoms with Crippen LogP contribution in [0.25, 0.3) is 0 Å². The fourth-order valence-corrected chi connectivity index (χ4v) is 3.93. The fourth-order valence-electron chi connectivity index (χ4n) is 2.31. The van der Waals surface area contributed by atoms with E-state index in [1.54, 1.807) is 18.2 Å². The van der Waals surface area contributed by atoms with E-state index in [1.807, 2.05) is 30.3 Å². The van der Waals surface area contributed by atoms with Gasteiger partial charge in [0.15, 0.2) is 9.84 Å². The molecule has 5 heteroatoms. The zero-order valence-corrected chi connectivity index (χ0v) is 14.0. The van der Waals surface area contributed by atoms with Crippen molar-refractivity contribution >= 4 is 21.4 Å². The highest BCUT2D eigenvalue weighted by Gasteiger charge is 2.15. The van der Waals surface area contributed by atoms with Crippen molar-refractivity contribution in [2.45, 2.75) is 18.6 Å². The lowest BCUT2D eigenvalue weighted by Crippen LogP contribution is -2.11. The van der Waals surface area contributed by atoms with E-state index in [2.05, 4.69) is 0 Å². The SMILES string of the molecule is COc1ccc(Cl)cc1CS(=O)(=O)CCCc1ccccc1. The molecular weight excluding hydrogens is 320 g/mol. The summed E-state index contributed by atoms with van der Waals surface area (Å²) in [7, 11) is -1.67. The quantitative estimate of drug-likeness (QED) is 0.769. The molecule has 118 valence electrons. The maximum Gasteiger partial charge on any atom is 0.154 e. The Kier molecular flexibility index (Phi) is 5.86. The summed E-state index contributed by atoms with van der Waals surface area (Å²) >= 11 is 5.94. The molecule has 0 unspecified atom stereocenters. The second-order valence-electron chi connectivity index (χ2n) is 5.14. The Labute approximate surface area is 136 Å². The Balaban J connectivity index is 1.98. The van der Waals surface area contributed by atoms with Gasteiger partial charge >= 0.3 is 0 Å². The van der Waals surface area contributed by atoms with E-state index in [0.29, 0.717) is 22.8 Å². The second-order valence-corrected chi connectivity index (χ2v) is 7.76. The number of hydrogen-bond donors (Lipinski definition) is 0. The number of ether oxygens (including phenoxy) is 1. The molecule has 0 atom stereocenters. The standard InChI is InChI=1S/C17H19ClO3S/c1-21-17-10-9-16(18)12-15(17)13-22(19,20)11-5-8-14-6-3-2-4-7-14/h2-4,6-7,9-10,12H,5,8,11,13H2,1H3. The van der Waals surface area contributed by atoms with Crippen LogP contribution in [-0.2, 0) is 22.0 Å². The first-order valence-electron chi connectivity index (χ1n) is 7.07. The molecule has 0 aliphatic heterocycles. The zero-order valence-electron chi connectivity index (χ0n) is 12.5. The average Bonchev–Trinajstić information content (AvgIpc) is 2.48. The molecule has 22 heavy (non-hydrogen) atoms. The Morgan fingerprint density at radius 1 is 1.09 bits per heavy atom. The van der Waals surface area contributed by atoms with E-state index in [-0.39, 0.29) is 11.5 Å². The first kappa shape index (κ1) is 16.8. The molecule has 0 fully saturated rings. The van der Waals surface area contributed by atoms with Gasteiger partial charge in [-0.3, -0.25) is 0 Å². The molecule has 0 aliphatic carbocycles. The van der Waals surface area contributed by atoms with Crippen molar-refractivity contribution in [2.75, 3.05) is 12.9 Å². The van der Waals surface area contributed by atoms with E-state index >= 15 is 0 Å². The average molecular weight is 339 g/mol. The number of halogens is 1. The number of rotatable bonds is 7. The molecule has 0 spiro atoms. The minimum Gasteiger partial charge on any atom is -0.496 e. The summed E-state index contributed by atoms with van der Waals surface area (Å²) in [5, 5.41) is 0.510. The topological polar surface area (TPSA) is 43.4 Å². The number of benzene rings is 2. The molecule has 0 heterocycles. The van der Waals surface area contributed by atoms with Gasteiger partial charge in [-0.25, -0.2) is 8.42 Å². The van der Waals surface area contributed by atoms with Gasteiger partial charge in [0.2, 0.25) is 0 Å². The van der Waals surface area contributed by atoms with Gasteiger partial charge in [-0.1, -0.05) is 41.9 Å². The van der Waals surface area contributed by atoms with Gasteiger partial charge in [0, 0.05) is 10.6 Å². The summed E-state index contributed by atoms with van der Waals surface area (Å²) in [4.78, 5) is 0. The highest BCUT2D eigenvalue weighted by Crippen LogP contribution is 2.25. The number of sulfone groups is 1. The highest BCUT2D eigenvalue weighted by molar-refractivity contribution is 7.90. The van der Waals surface area contributed by atoms with Crippen molar-refractivity contribution < 1.29 is 13.2 Å². The van der Waals surface area contributed by atoms with Crippen LogP contribution in [0.3, 0.4) is 0 Å². The Hall–Kier alpha value is -1.52. The normalized spacial score (nSPS) is 11.4. The monoisotopic (exact) mass is 338 g/mol. The fraction of sp³-hybridized carbons (Fsp3) is 0.294. The van der Waals surface area contributed by atoms with Crippen molar-refractivity contribution in [2.24, 2.45) is 0 Å². The molecule has 0 aromatic heterocycles. The molecule has 2 aromatic carbocycles. The molecule has 0 radical (unpaired) electrons. The molecule has 0 amide bonds. The van der Waals surface area contributed by atoms with Crippen molar-refractivity contribution in [3.8, 4) is 5.75 Å². The maximum absolute atomic E-state index is 12.3. The lowest BCUT2D eigenvalue weighted by Gasteiger charge is -2.10. The van der Waals surface area contributed by atoms with Crippen LogP contribution in [0, 0.1) is 0 Å². The van der Waals surface area contributed by atoms with Crippen LogP contribution < -0.4 is 4.74 Å². The minimum atomic E-state index is -3.19. The van der Waals surface area contributed by atoms with Crippen molar-refractivity contribution in [3.05, 3.63) is 64.7 Å². The summed E-state index contributed by atoms with van der Waals surface area (Å²) in [6.07, 6.45) is 1.36. The molecule has 2 aromatic rings. The van der Waals surface area contributed by atoms with Crippen LogP contribution in [0.15, 0.2) is 48.5 Å². The van der Waals surface area contributed by atoms with E-state index in [4.69, 9.17) is 16.3 Å². The van der Waals surface area contributed by atoms with E-state index in [0.717, 1.165) is 12.0 Å². The second kappa shape index (κ2) is 7.65. The van der Waals surface area contributed by atoms with Gasteiger partial charge in [0.25, 0.3) is 0 Å². The lowest BCUT2D eigenvalue weighted by molar-refractivity contribution is 0.411. The summed E-state index contributed by atoms with van der Waals surface area (Å²) in [5.41, 5.74) is 1.76. The maximum atomic E-state index is 12.3. The largest absolute Gasteiger partial charge is 0.496 e. The van der Waals surface area contributed by atoms with Gasteiger partial charge in [0.1, 0.15) is 5.75 Å². The number of methoxy groups -OCH3 is 1. The molecule has 2 rings (SSSR count). The van der Waals surface area contributed by atoms with Gasteiger partial charge in [0.05, 0.1) is 18.6 Å². The van der Waals surface area contributed by atoms with Gasteiger partial charge < -0.3 is 4.74 Å². The molecule has 3 nitrogen and oxygen atoms in total. The molecule has 0 aliphatic rings. The molecule has 0 bridgehead atoms. The third kappa shape index (κ3) is 5.04. The summed E-state index contributed by atoms with van der Waals surface area (Å²) < 4.78 is 29.7. The predicted molar refractivity (Wildman–Crippen MR) is 90.3 cm³/mol. The number of hydrogen-bond acceptors (Lipinski definition) is 3. The third-order valence-electron chi connectivity index (χ3n) is 3.38. The smallest absolute Gasteiger partial charge is 0.154 e. The summed E-state index contributed by atoms with van der Waals surface area (Å²) in [5.74, 6) is 0.652. The van der Waals surface area contributed by atoms with E-state index in [9.17, 15) is 8.42 Å². The van der Waals surface area contributed by atoms with Crippen LogP contribution in [0.4, 0.5) is 0 Å². The molecular formula is C17H19ClO3S.